The maximum absolute atomic E-state index is 10.9. The molecule has 0 spiro atoms. The van der Waals surface area contributed by atoms with Gasteiger partial charge in [-0.05, 0) is 38.1 Å². The van der Waals surface area contributed by atoms with E-state index in [2.05, 4.69) is 10.00 Å². The molecule has 1 aromatic carbocycles. The highest BCUT2D eigenvalue weighted by Gasteiger charge is 2.24. The number of rotatable bonds is 4. The minimum Gasteiger partial charge on any atom is -0.481 e. The fourth-order valence-corrected chi connectivity index (χ4v) is 2.76. The Morgan fingerprint density at radius 1 is 1.24 bits per heavy atom. The first-order chi connectivity index (χ1) is 10.2. The first-order valence-corrected chi connectivity index (χ1v) is 7.26. The Morgan fingerprint density at radius 2 is 1.95 bits per heavy atom. The minimum atomic E-state index is -0.661. The number of carbonyl (C=O) groups is 1. The lowest BCUT2D eigenvalue weighted by atomic mass is 9.97. The van der Waals surface area contributed by atoms with Crippen molar-refractivity contribution >= 4 is 5.97 Å². The Labute approximate surface area is 123 Å². The van der Waals surface area contributed by atoms with Crippen LogP contribution in [-0.4, -0.2) is 38.8 Å². The Kier molecular flexibility index (Phi) is 4.01. The lowest BCUT2D eigenvalue weighted by Crippen LogP contribution is -2.35. The maximum Gasteiger partial charge on any atom is 0.306 e. The number of piperidine rings is 1. The third-order valence-electron chi connectivity index (χ3n) is 4.00. The first kappa shape index (κ1) is 13.8. The number of likely N-dealkylation sites (tertiary alicyclic amines) is 1. The lowest BCUT2D eigenvalue weighted by molar-refractivity contribution is -0.143. The third-order valence-corrected chi connectivity index (χ3v) is 4.00. The molecule has 0 radical (unpaired) electrons. The third kappa shape index (κ3) is 3.31. The molecule has 5 heteroatoms. The molecule has 0 aliphatic carbocycles. The highest BCUT2D eigenvalue weighted by molar-refractivity contribution is 5.70. The molecule has 0 saturated carbocycles. The zero-order chi connectivity index (χ0) is 14.7. The molecule has 1 aliphatic rings. The van der Waals surface area contributed by atoms with Gasteiger partial charge in [-0.3, -0.25) is 9.69 Å². The van der Waals surface area contributed by atoms with Gasteiger partial charge in [0.05, 0.1) is 17.8 Å². The van der Waals surface area contributed by atoms with Crippen LogP contribution in [0.2, 0.25) is 0 Å². The molecule has 5 nitrogen and oxygen atoms in total. The van der Waals surface area contributed by atoms with E-state index >= 15 is 0 Å². The summed E-state index contributed by atoms with van der Waals surface area (Å²) < 4.78 is 1.87. The van der Waals surface area contributed by atoms with Crippen LogP contribution >= 0.6 is 0 Å². The standard InChI is InChI=1S/C16H19N3O2/c20-16(21)14-6-8-18(9-7-14)11-13-10-17-19(12-13)15-4-2-1-3-5-15/h1-5,10,12,14H,6-9,11H2,(H,20,21). The van der Waals surface area contributed by atoms with Crippen LogP contribution in [0.25, 0.3) is 5.69 Å². The van der Waals surface area contributed by atoms with Gasteiger partial charge < -0.3 is 5.11 Å². The second kappa shape index (κ2) is 6.10. The fraction of sp³-hybridized carbons (Fsp3) is 0.375. The van der Waals surface area contributed by atoms with Crippen molar-refractivity contribution in [3.8, 4) is 5.69 Å². The van der Waals surface area contributed by atoms with Gasteiger partial charge in [-0.15, -0.1) is 0 Å². The van der Waals surface area contributed by atoms with E-state index < -0.39 is 5.97 Å². The second-order valence-corrected chi connectivity index (χ2v) is 5.52. The number of carboxylic acids is 1. The molecular weight excluding hydrogens is 266 g/mol. The molecule has 3 rings (SSSR count). The molecule has 0 unspecified atom stereocenters. The monoisotopic (exact) mass is 285 g/mol. The molecule has 0 bridgehead atoms. The predicted octanol–water partition coefficient (Wildman–Crippen LogP) is 2.17. The van der Waals surface area contributed by atoms with Gasteiger partial charge in [0.25, 0.3) is 0 Å². The van der Waals surface area contributed by atoms with E-state index in [1.54, 1.807) is 0 Å². The van der Waals surface area contributed by atoms with Gasteiger partial charge in [0.15, 0.2) is 0 Å². The van der Waals surface area contributed by atoms with Crippen molar-refractivity contribution in [2.24, 2.45) is 5.92 Å². The van der Waals surface area contributed by atoms with Gasteiger partial charge in [-0.1, -0.05) is 18.2 Å². The van der Waals surface area contributed by atoms with E-state index in [4.69, 9.17) is 5.11 Å². The minimum absolute atomic E-state index is 0.173. The highest BCUT2D eigenvalue weighted by Crippen LogP contribution is 2.19. The predicted molar refractivity (Wildman–Crippen MR) is 79.2 cm³/mol. The van der Waals surface area contributed by atoms with Crippen LogP contribution in [0, 0.1) is 5.92 Å². The summed E-state index contributed by atoms with van der Waals surface area (Å²) in [5.74, 6) is -0.833. The van der Waals surface area contributed by atoms with Crippen molar-refractivity contribution in [1.29, 1.82) is 0 Å². The zero-order valence-corrected chi connectivity index (χ0v) is 11.9. The summed E-state index contributed by atoms with van der Waals surface area (Å²) in [6, 6.07) is 10.0. The van der Waals surface area contributed by atoms with Crippen LogP contribution in [0.5, 0.6) is 0 Å². The largest absolute Gasteiger partial charge is 0.481 e. The van der Waals surface area contributed by atoms with Crippen LogP contribution < -0.4 is 0 Å². The topological polar surface area (TPSA) is 58.4 Å². The SMILES string of the molecule is O=C(O)C1CCN(Cc2cnn(-c3ccccc3)c2)CC1. The van der Waals surface area contributed by atoms with Gasteiger partial charge in [0.1, 0.15) is 0 Å². The van der Waals surface area contributed by atoms with Crippen LogP contribution in [0.4, 0.5) is 0 Å². The molecule has 2 heterocycles. The van der Waals surface area contributed by atoms with Crippen LogP contribution in [-0.2, 0) is 11.3 Å². The summed E-state index contributed by atoms with van der Waals surface area (Å²) in [7, 11) is 0. The molecule has 1 aromatic heterocycles. The summed E-state index contributed by atoms with van der Waals surface area (Å²) in [6.07, 6.45) is 5.40. The molecular formula is C16H19N3O2. The van der Waals surface area contributed by atoms with E-state index in [0.717, 1.165) is 43.7 Å². The molecule has 1 fully saturated rings. The van der Waals surface area contributed by atoms with Crippen LogP contribution in [0.15, 0.2) is 42.7 Å². The van der Waals surface area contributed by atoms with Gasteiger partial charge in [-0.25, -0.2) is 4.68 Å². The van der Waals surface area contributed by atoms with Crippen molar-refractivity contribution < 1.29 is 9.90 Å². The van der Waals surface area contributed by atoms with Crippen LogP contribution in [0.1, 0.15) is 18.4 Å². The van der Waals surface area contributed by atoms with E-state index in [1.165, 1.54) is 0 Å². The molecule has 1 aliphatic heterocycles. The highest BCUT2D eigenvalue weighted by atomic mass is 16.4. The Bertz CT molecular complexity index is 601. The summed E-state index contributed by atoms with van der Waals surface area (Å²) >= 11 is 0. The Morgan fingerprint density at radius 3 is 2.62 bits per heavy atom. The Balaban J connectivity index is 1.60. The average molecular weight is 285 g/mol. The molecule has 1 N–H and O–H groups in total. The zero-order valence-electron chi connectivity index (χ0n) is 11.9. The van der Waals surface area contributed by atoms with Crippen molar-refractivity contribution in [2.75, 3.05) is 13.1 Å². The number of aliphatic carboxylic acids is 1. The van der Waals surface area contributed by atoms with E-state index in [1.807, 2.05) is 47.4 Å². The number of hydrogen-bond acceptors (Lipinski definition) is 3. The fourth-order valence-electron chi connectivity index (χ4n) is 2.76. The van der Waals surface area contributed by atoms with E-state index in [0.29, 0.717) is 0 Å². The Hall–Kier alpha value is -2.14. The molecule has 0 atom stereocenters. The van der Waals surface area contributed by atoms with Gasteiger partial charge >= 0.3 is 5.97 Å². The van der Waals surface area contributed by atoms with E-state index in [-0.39, 0.29) is 5.92 Å². The van der Waals surface area contributed by atoms with Gasteiger partial charge in [0, 0.05) is 18.3 Å². The molecule has 2 aromatic rings. The number of hydrogen-bond donors (Lipinski definition) is 1. The number of para-hydroxylation sites is 1. The number of nitrogens with zero attached hydrogens (tertiary/aromatic N) is 3. The van der Waals surface area contributed by atoms with Crippen molar-refractivity contribution in [3.63, 3.8) is 0 Å². The van der Waals surface area contributed by atoms with Crippen molar-refractivity contribution in [1.82, 2.24) is 14.7 Å². The van der Waals surface area contributed by atoms with Gasteiger partial charge in [0.2, 0.25) is 0 Å². The molecule has 0 amide bonds. The molecule has 1 saturated heterocycles. The van der Waals surface area contributed by atoms with Gasteiger partial charge in [-0.2, -0.15) is 5.10 Å². The molecule has 21 heavy (non-hydrogen) atoms. The van der Waals surface area contributed by atoms with Crippen LogP contribution in [0.3, 0.4) is 0 Å². The summed E-state index contributed by atoms with van der Waals surface area (Å²) in [5, 5.41) is 13.4. The lowest BCUT2D eigenvalue weighted by Gasteiger charge is -2.29. The first-order valence-electron chi connectivity index (χ1n) is 7.26. The van der Waals surface area contributed by atoms with Crippen molar-refractivity contribution in [3.05, 3.63) is 48.3 Å². The summed E-state index contributed by atoms with van der Waals surface area (Å²) in [5.41, 5.74) is 2.21. The summed E-state index contributed by atoms with van der Waals surface area (Å²) in [6.45, 7) is 2.51. The van der Waals surface area contributed by atoms with Crippen molar-refractivity contribution in [2.45, 2.75) is 19.4 Å². The van der Waals surface area contributed by atoms with E-state index in [9.17, 15) is 4.79 Å². The summed E-state index contributed by atoms with van der Waals surface area (Å²) in [4.78, 5) is 13.2. The maximum atomic E-state index is 10.9. The number of benzene rings is 1. The normalized spacial score (nSPS) is 17.0. The number of carboxylic acid groups (broad SMARTS) is 1. The average Bonchev–Trinajstić information content (AvgIpc) is 2.97. The molecule has 110 valence electrons. The second-order valence-electron chi connectivity index (χ2n) is 5.52. The number of aromatic nitrogens is 2. The smallest absolute Gasteiger partial charge is 0.306 e. The quantitative estimate of drug-likeness (QED) is 0.935.